The molecule has 0 saturated heterocycles. The Balaban J connectivity index is 2.23. The van der Waals surface area contributed by atoms with Gasteiger partial charge in [-0.05, 0) is 35.9 Å². The predicted molar refractivity (Wildman–Crippen MR) is 74.1 cm³/mol. The normalized spacial score (nSPS) is 9.95. The van der Waals surface area contributed by atoms with Gasteiger partial charge in [0.2, 0.25) is 0 Å². The standard InChI is InChI=1S/C15H14FN3/c1-19(10-11-2-4-13(16)5-3-11)15-7-6-14(18)8-12(15)9-17/h2-8H,10,18H2,1H3. The number of benzene rings is 2. The van der Waals surface area contributed by atoms with Crippen LogP contribution in [-0.4, -0.2) is 7.05 Å². The van der Waals surface area contributed by atoms with E-state index in [-0.39, 0.29) is 5.82 Å². The van der Waals surface area contributed by atoms with Crippen LogP contribution in [0.1, 0.15) is 11.1 Å². The maximum Gasteiger partial charge on any atom is 0.123 e. The van der Waals surface area contributed by atoms with Crippen LogP contribution in [0.5, 0.6) is 0 Å². The molecule has 0 radical (unpaired) electrons. The lowest BCUT2D eigenvalue weighted by molar-refractivity contribution is 0.627. The number of halogens is 1. The van der Waals surface area contributed by atoms with Crippen LogP contribution in [0.25, 0.3) is 0 Å². The number of anilines is 2. The molecule has 96 valence electrons. The minimum absolute atomic E-state index is 0.253. The minimum Gasteiger partial charge on any atom is -0.399 e. The van der Waals surface area contributed by atoms with Crippen LogP contribution in [0.3, 0.4) is 0 Å². The van der Waals surface area contributed by atoms with Gasteiger partial charge in [-0.1, -0.05) is 12.1 Å². The molecule has 0 saturated carbocycles. The van der Waals surface area contributed by atoms with E-state index in [2.05, 4.69) is 6.07 Å². The Morgan fingerprint density at radius 1 is 1.21 bits per heavy atom. The van der Waals surface area contributed by atoms with Crippen LogP contribution in [0.2, 0.25) is 0 Å². The van der Waals surface area contributed by atoms with E-state index in [4.69, 9.17) is 11.0 Å². The summed E-state index contributed by atoms with van der Waals surface area (Å²) in [5, 5.41) is 9.11. The van der Waals surface area contributed by atoms with Crippen molar-refractivity contribution in [1.29, 1.82) is 5.26 Å². The summed E-state index contributed by atoms with van der Waals surface area (Å²) >= 11 is 0. The molecule has 3 nitrogen and oxygen atoms in total. The van der Waals surface area contributed by atoms with E-state index in [9.17, 15) is 4.39 Å². The van der Waals surface area contributed by atoms with Gasteiger partial charge in [0.1, 0.15) is 11.9 Å². The predicted octanol–water partition coefficient (Wildman–Crippen LogP) is 2.92. The fraction of sp³-hybridized carbons (Fsp3) is 0.133. The third kappa shape index (κ3) is 3.02. The van der Waals surface area contributed by atoms with Gasteiger partial charge in [-0.3, -0.25) is 0 Å². The zero-order chi connectivity index (χ0) is 13.8. The maximum atomic E-state index is 12.8. The van der Waals surface area contributed by atoms with Crippen molar-refractivity contribution in [2.45, 2.75) is 6.54 Å². The number of hydrogen-bond acceptors (Lipinski definition) is 3. The van der Waals surface area contributed by atoms with Gasteiger partial charge in [0.15, 0.2) is 0 Å². The molecule has 0 aromatic heterocycles. The van der Waals surface area contributed by atoms with Crippen molar-refractivity contribution in [1.82, 2.24) is 0 Å². The number of hydrogen-bond donors (Lipinski definition) is 1. The van der Waals surface area contributed by atoms with Gasteiger partial charge < -0.3 is 10.6 Å². The lowest BCUT2D eigenvalue weighted by Gasteiger charge is -2.20. The molecule has 0 bridgehead atoms. The van der Waals surface area contributed by atoms with E-state index in [1.807, 2.05) is 18.0 Å². The van der Waals surface area contributed by atoms with E-state index in [1.165, 1.54) is 12.1 Å². The Morgan fingerprint density at radius 2 is 1.89 bits per heavy atom. The molecule has 2 N–H and O–H groups in total. The third-order valence-electron chi connectivity index (χ3n) is 2.89. The molecule has 0 aliphatic carbocycles. The van der Waals surface area contributed by atoms with E-state index in [0.717, 1.165) is 11.3 Å². The van der Waals surface area contributed by atoms with Gasteiger partial charge in [0.05, 0.1) is 11.3 Å². The van der Waals surface area contributed by atoms with Crippen LogP contribution >= 0.6 is 0 Å². The first-order valence-electron chi connectivity index (χ1n) is 5.85. The zero-order valence-electron chi connectivity index (χ0n) is 10.6. The highest BCUT2D eigenvalue weighted by atomic mass is 19.1. The summed E-state index contributed by atoms with van der Waals surface area (Å²) in [4.78, 5) is 1.94. The summed E-state index contributed by atoms with van der Waals surface area (Å²) in [6.07, 6.45) is 0. The first kappa shape index (κ1) is 12.9. The highest BCUT2D eigenvalue weighted by molar-refractivity contribution is 5.64. The summed E-state index contributed by atoms with van der Waals surface area (Å²) in [5.41, 5.74) is 8.54. The molecule has 2 aromatic rings. The highest BCUT2D eigenvalue weighted by Crippen LogP contribution is 2.23. The molecule has 0 amide bonds. The van der Waals surface area contributed by atoms with Crippen molar-refractivity contribution in [2.24, 2.45) is 0 Å². The second-order valence-corrected chi connectivity index (χ2v) is 4.37. The zero-order valence-corrected chi connectivity index (χ0v) is 10.6. The molecule has 2 aromatic carbocycles. The number of nitrogens with two attached hydrogens (primary N) is 1. The first-order valence-corrected chi connectivity index (χ1v) is 5.85. The Labute approximate surface area is 111 Å². The van der Waals surface area contributed by atoms with Crippen molar-refractivity contribution in [2.75, 3.05) is 17.7 Å². The molecule has 2 rings (SSSR count). The lowest BCUT2D eigenvalue weighted by atomic mass is 10.1. The molecule has 4 heteroatoms. The largest absolute Gasteiger partial charge is 0.399 e. The molecule has 0 unspecified atom stereocenters. The van der Waals surface area contributed by atoms with Gasteiger partial charge >= 0.3 is 0 Å². The number of nitriles is 1. The molecular formula is C15H14FN3. The van der Waals surface area contributed by atoms with Crippen LogP contribution < -0.4 is 10.6 Å². The molecule has 0 spiro atoms. The summed E-state index contributed by atoms with van der Waals surface area (Å²) in [6, 6.07) is 13.7. The fourth-order valence-corrected chi connectivity index (χ4v) is 1.92. The second-order valence-electron chi connectivity index (χ2n) is 4.37. The SMILES string of the molecule is CN(Cc1ccc(F)cc1)c1ccc(N)cc1C#N. The average Bonchev–Trinajstić information content (AvgIpc) is 2.41. The molecule has 0 aliphatic heterocycles. The average molecular weight is 255 g/mol. The van der Waals surface area contributed by atoms with Gasteiger partial charge in [0.25, 0.3) is 0 Å². The van der Waals surface area contributed by atoms with Crippen LogP contribution in [0.4, 0.5) is 15.8 Å². The summed E-state index contributed by atoms with van der Waals surface area (Å²) < 4.78 is 12.8. The summed E-state index contributed by atoms with van der Waals surface area (Å²) in [5.74, 6) is -0.253. The Kier molecular flexibility index (Phi) is 3.67. The minimum atomic E-state index is -0.253. The maximum absolute atomic E-state index is 12.8. The van der Waals surface area contributed by atoms with Crippen LogP contribution in [0.15, 0.2) is 42.5 Å². The Bertz CT molecular complexity index is 614. The summed E-state index contributed by atoms with van der Waals surface area (Å²) in [6.45, 7) is 0.596. The van der Waals surface area contributed by atoms with Gasteiger partial charge in [-0.15, -0.1) is 0 Å². The smallest absolute Gasteiger partial charge is 0.123 e. The Hall–Kier alpha value is -2.54. The van der Waals surface area contributed by atoms with Gasteiger partial charge in [-0.25, -0.2) is 4.39 Å². The number of nitrogen functional groups attached to an aromatic ring is 1. The van der Waals surface area contributed by atoms with Gasteiger partial charge in [0, 0.05) is 19.3 Å². The van der Waals surface area contributed by atoms with E-state index >= 15 is 0 Å². The van der Waals surface area contributed by atoms with Crippen molar-refractivity contribution in [3.63, 3.8) is 0 Å². The third-order valence-corrected chi connectivity index (χ3v) is 2.89. The van der Waals surface area contributed by atoms with E-state index in [0.29, 0.717) is 17.8 Å². The number of rotatable bonds is 3. The summed E-state index contributed by atoms with van der Waals surface area (Å²) in [7, 11) is 1.88. The van der Waals surface area contributed by atoms with Crippen molar-refractivity contribution >= 4 is 11.4 Å². The van der Waals surface area contributed by atoms with Gasteiger partial charge in [-0.2, -0.15) is 5.26 Å². The van der Waals surface area contributed by atoms with Crippen LogP contribution in [0, 0.1) is 17.1 Å². The monoisotopic (exact) mass is 255 g/mol. The molecule has 0 aliphatic rings. The van der Waals surface area contributed by atoms with Crippen molar-refractivity contribution in [3.8, 4) is 6.07 Å². The molecule has 0 heterocycles. The second kappa shape index (κ2) is 5.40. The molecule has 0 atom stereocenters. The first-order chi connectivity index (χ1) is 9.10. The molecular weight excluding hydrogens is 241 g/mol. The number of nitrogens with zero attached hydrogens (tertiary/aromatic N) is 2. The van der Waals surface area contributed by atoms with E-state index < -0.39 is 0 Å². The lowest BCUT2D eigenvalue weighted by Crippen LogP contribution is -2.17. The molecule has 19 heavy (non-hydrogen) atoms. The highest BCUT2D eigenvalue weighted by Gasteiger charge is 2.08. The van der Waals surface area contributed by atoms with Crippen molar-refractivity contribution in [3.05, 3.63) is 59.4 Å². The van der Waals surface area contributed by atoms with E-state index in [1.54, 1.807) is 24.3 Å². The molecule has 0 fully saturated rings. The Morgan fingerprint density at radius 3 is 2.53 bits per heavy atom. The fourth-order valence-electron chi connectivity index (χ4n) is 1.92. The topological polar surface area (TPSA) is 53.0 Å². The van der Waals surface area contributed by atoms with Crippen molar-refractivity contribution < 1.29 is 4.39 Å². The van der Waals surface area contributed by atoms with Crippen LogP contribution in [-0.2, 0) is 6.54 Å². The quantitative estimate of drug-likeness (QED) is 0.858.